The van der Waals surface area contributed by atoms with Gasteiger partial charge in [-0.25, -0.2) is 9.67 Å². The van der Waals surface area contributed by atoms with Gasteiger partial charge in [-0.05, 0) is 37.1 Å². The SMILES string of the molecule is CC(C)n1ncnc1CN1Cc2ccc(N)cc2C1. The number of nitrogens with two attached hydrogens (primary N) is 1. The van der Waals surface area contributed by atoms with Crippen molar-refractivity contribution < 1.29 is 0 Å². The molecule has 0 saturated carbocycles. The van der Waals surface area contributed by atoms with Crippen LogP contribution in [0.1, 0.15) is 36.8 Å². The Morgan fingerprint density at radius 1 is 1.26 bits per heavy atom. The molecule has 0 unspecified atom stereocenters. The van der Waals surface area contributed by atoms with Crippen molar-refractivity contribution in [1.82, 2.24) is 19.7 Å². The van der Waals surface area contributed by atoms with Crippen LogP contribution < -0.4 is 5.73 Å². The second-order valence-electron chi connectivity index (χ2n) is 5.39. The maximum atomic E-state index is 5.83. The van der Waals surface area contributed by atoms with E-state index >= 15 is 0 Å². The van der Waals surface area contributed by atoms with Crippen LogP contribution in [0.15, 0.2) is 24.5 Å². The standard InChI is InChI=1S/C14H19N5/c1-10(2)19-14(16-9-17-19)8-18-6-11-3-4-13(15)5-12(11)7-18/h3-5,9-10H,6-8,15H2,1-2H3. The van der Waals surface area contributed by atoms with Gasteiger partial charge in [-0.1, -0.05) is 6.07 Å². The van der Waals surface area contributed by atoms with Crippen LogP contribution in [0, 0.1) is 0 Å². The number of hydrogen-bond acceptors (Lipinski definition) is 4. The first-order valence-corrected chi connectivity index (χ1v) is 6.61. The number of fused-ring (bicyclic) bond motifs is 1. The lowest BCUT2D eigenvalue weighted by atomic mass is 10.1. The molecule has 0 amide bonds. The molecule has 0 saturated heterocycles. The van der Waals surface area contributed by atoms with Crippen molar-refractivity contribution in [1.29, 1.82) is 0 Å². The molecule has 2 N–H and O–H groups in total. The quantitative estimate of drug-likeness (QED) is 0.854. The molecule has 0 bridgehead atoms. The van der Waals surface area contributed by atoms with Crippen molar-refractivity contribution in [2.45, 2.75) is 39.5 Å². The molecule has 0 aliphatic carbocycles. The summed E-state index contributed by atoms with van der Waals surface area (Å²) >= 11 is 0. The van der Waals surface area contributed by atoms with Gasteiger partial charge in [-0.3, -0.25) is 4.90 Å². The number of rotatable bonds is 3. The fraction of sp³-hybridized carbons (Fsp3) is 0.429. The molecule has 5 heteroatoms. The summed E-state index contributed by atoms with van der Waals surface area (Å²) in [5.41, 5.74) is 9.36. The molecule has 1 aliphatic heterocycles. The highest BCUT2D eigenvalue weighted by Crippen LogP contribution is 2.25. The Labute approximate surface area is 113 Å². The normalized spacial score (nSPS) is 15.1. The molecule has 3 rings (SSSR count). The molecule has 0 atom stereocenters. The number of anilines is 1. The highest BCUT2D eigenvalue weighted by atomic mass is 15.4. The minimum absolute atomic E-state index is 0.345. The predicted octanol–water partition coefficient (Wildman–Crippen LogP) is 1.96. The molecule has 2 heterocycles. The summed E-state index contributed by atoms with van der Waals surface area (Å²) in [5, 5.41) is 4.28. The molecule has 19 heavy (non-hydrogen) atoms. The van der Waals surface area contributed by atoms with E-state index in [9.17, 15) is 0 Å². The van der Waals surface area contributed by atoms with Gasteiger partial charge in [-0.2, -0.15) is 5.10 Å². The Hall–Kier alpha value is -1.88. The second kappa shape index (κ2) is 4.66. The summed E-state index contributed by atoms with van der Waals surface area (Å²) < 4.78 is 1.98. The van der Waals surface area contributed by atoms with Gasteiger partial charge < -0.3 is 5.73 Å². The highest BCUT2D eigenvalue weighted by molar-refractivity contribution is 5.46. The Balaban J connectivity index is 1.75. The largest absolute Gasteiger partial charge is 0.399 e. The van der Waals surface area contributed by atoms with Gasteiger partial charge >= 0.3 is 0 Å². The maximum absolute atomic E-state index is 5.83. The minimum Gasteiger partial charge on any atom is -0.399 e. The fourth-order valence-electron chi connectivity index (χ4n) is 2.62. The van der Waals surface area contributed by atoms with Gasteiger partial charge in [0.1, 0.15) is 12.2 Å². The topological polar surface area (TPSA) is 60.0 Å². The lowest BCUT2D eigenvalue weighted by molar-refractivity contribution is 0.259. The number of nitrogen functional groups attached to an aromatic ring is 1. The predicted molar refractivity (Wildman–Crippen MR) is 74.2 cm³/mol. The molecule has 0 radical (unpaired) electrons. The fourth-order valence-corrected chi connectivity index (χ4v) is 2.62. The lowest BCUT2D eigenvalue weighted by Crippen LogP contribution is -2.20. The van der Waals surface area contributed by atoms with E-state index < -0.39 is 0 Å². The molecule has 1 aliphatic rings. The van der Waals surface area contributed by atoms with Gasteiger partial charge in [0, 0.05) is 24.8 Å². The van der Waals surface area contributed by atoms with Crippen molar-refractivity contribution in [3.63, 3.8) is 0 Å². The zero-order valence-corrected chi connectivity index (χ0v) is 11.4. The molecular formula is C14H19N5. The molecule has 1 aromatic carbocycles. The zero-order chi connectivity index (χ0) is 13.4. The first-order valence-electron chi connectivity index (χ1n) is 6.61. The second-order valence-corrected chi connectivity index (χ2v) is 5.39. The maximum Gasteiger partial charge on any atom is 0.141 e. The first kappa shape index (κ1) is 12.2. The third kappa shape index (κ3) is 2.33. The average molecular weight is 257 g/mol. The molecule has 0 spiro atoms. The van der Waals surface area contributed by atoms with Crippen LogP contribution in [-0.4, -0.2) is 19.7 Å². The van der Waals surface area contributed by atoms with Gasteiger partial charge in [0.05, 0.1) is 6.54 Å². The van der Waals surface area contributed by atoms with Crippen molar-refractivity contribution >= 4 is 5.69 Å². The Kier molecular flexibility index (Phi) is 2.98. The third-order valence-corrected chi connectivity index (χ3v) is 3.52. The minimum atomic E-state index is 0.345. The van der Waals surface area contributed by atoms with Crippen molar-refractivity contribution in [2.75, 3.05) is 5.73 Å². The summed E-state index contributed by atoms with van der Waals surface area (Å²) in [4.78, 5) is 6.73. The summed E-state index contributed by atoms with van der Waals surface area (Å²) in [6, 6.07) is 6.51. The van der Waals surface area contributed by atoms with E-state index in [1.165, 1.54) is 11.1 Å². The van der Waals surface area contributed by atoms with Crippen LogP contribution in [0.5, 0.6) is 0 Å². The van der Waals surface area contributed by atoms with Gasteiger partial charge in [0.25, 0.3) is 0 Å². The van der Waals surface area contributed by atoms with E-state index in [2.05, 4.69) is 41.0 Å². The molecule has 0 fully saturated rings. The third-order valence-electron chi connectivity index (χ3n) is 3.52. The number of aromatic nitrogens is 3. The van der Waals surface area contributed by atoms with Crippen molar-refractivity contribution in [2.24, 2.45) is 0 Å². The van der Waals surface area contributed by atoms with Gasteiger partial charge in [-0.15, -0.1) is 0 Å². The number of benzene rings is 1. The lowest BCUT2D eigenvalue weighted by Gasteiger charge is -2.16. The van der Waals surface area contributed by atoms with Crippen molar-refractivity contribution in [3.8, 4) is 0 Å². The highest BCUT2D eigenvalue weighted by Gasteiger charge is 2.21. The number of hydrogen-bond donors (Lipinski definition) is 1. The van der Waals surface area contributed by atoms with Crippen LogP contribution in [0.25, 0.3) is 0 Å². The van der Waals surface area contributed by atoms with Gasteiger partial charge in [0.15, 0.2) is 0 Å². The monoisotopic (exact) mass is 257 g/mol. The Bertz CT molecular complexity index is 587. The van der Waals surface area contributed by atoms with E-state index in [4.69, 9.17) is 5.73 Å². The van der Waals surface area contributed by atoms with Crippen LogP contribution >= 0.6 is 0 Å². The zero-order valence-electron chi connectivity index (χ0n) is 11.4. The van der Waals surface area contributed by atoms with E-state index in [-0.39, 0.29) is 0 Å². The number of nitrogens with zero attached hydrogens (tertiary/aromatic N) is 4. The summed E-state index contributed by atoms with van der Waals surface area (Å²) in [5.74, 6) is 1.02. The Morgan fingerprint density at radius 2 is 2.05 bits per heavy atom. The smallest absolute Gasteiger partial charge is 0.141 e. The van der Waals surface area contributed by atoms with E-state index in [0.29, 0.717) is 6.04 Å². The molecule has 5 nitrogen and oxygen atoms in total. The van der Waals surface area contributed by atoms with Crippen LogP contribution in [0.2, 0.25) is 0 Å². The molecule has 100 valence electrons. The van der Waals surface area contributed by atoms with E-state index in [0.717, 1.165) is 31.1 Å². The van der Waals surface area contributed by atoms with Crippen LogP contribution in [0.3, 0.4) is 0 Å². The summed E-state index contributed by atoms with van der Waals surface area (Å²) in [7, 11) is 0. The average Bonchev–Trinajstić information content (AvgIpc) is 2.95. The molecule has 2 aromatic rings. The van der Waals surface area contributed by atoms with Crippen molar-refractivity contribution in [3.05, 3.63) is 41.5 Å². The van der Waals surface area contributed by atoms with Crippen LogP contribution in [0.4, 0.5) is 5.69 Å². The molecular weight excluding hydrogens is 238 g/mol. The Morgan fingerprint density at radius 3 is 2.84 bits per heavy atom. The summed E-state index contributed by atoms with van der Waals surface area (Å²) in [6.45, 7) is 6.97. The van der Waals surface area contributed by atoms with E-state index in [1.54, 1.807) is 6.33 Å². The molecule has 1 aromatic heterocycles. The van der Waals surface area contributed by atoms with E-state index in [1.807, 2.05) is 10.7 Å². The van der Waals surface area contributed by atoms with Crippen LogP contribution in [-0.2, 0) is 19.6 Å². The first-order chi connectivity index (χ1) is 9.13. The van der Waals surface area contributed by atoms with Gasteiger partial charge in [0.2, 0.25) is 0 Å². The summed E-state index contributed by atoms with van der Waals surface area (Å²) in [6.07, 6.45) is 1.64.